The predicted molar refractivity (Wildman–Crippen MR) is 122 cm³/mol. The number of benzene rings is 2. The highest BCUT2D eigenvalue weighted by atomic mass is 35.5. The zero-order chi connectivity index (χ0) is 23.5. The quantitative estimate of drug-likeness (QED) is 0.509. The van der Waals surface area contributed by atoms with Crippen molar-refractivity contribution in [1.29, 1.82) is 5.26 Å². The van der Waals surface area contributed by atoms with Crippen molar-refractivity contribution in [2.24, 2.45) is 0 Å². The number of aromatic nitrogens is 2. The van der Waals surface area contributed by atoms with E-state index in [-0.39, 0.29) is 19.1 Å². The Labute approximate surface area is 191 Å². The molecule has 0 aliphatic rings. The number of carbonyl (C=O) groups is 1. The maximum absolute atomic E-state index is 12.2. The lowest BCUT2D eigenvalue weighted by atomic mass is 10.0. The van der Waals surface area contributed by atoms with Crippen molar-refractivity contribution >= 4 is 17.5 Å². The van der Waals surface area contributed by atoms with Crippen molar-refractivity contribution in [2.75, 3.05) is 6.54 Å². The maximum atomic E-state index is 12.2. The molecule has 7 nitrogen and oxygen atoms in total. The molecule has 0 bridgehead atoms. The third kappa shape index (κ3) is 5.35. The third-order valence-corrected chi connectivity index (χ3v) is 5.35. The van der Waals surface area contributed by atoms with E-state index in [2.05, 4.69) is 10.4 Å². The van der Waals surface area contributed by atoms with Gasteiger partial charge in [0.15, 0.2) is 0 Å². The van der Waals surface area contributed by atoms with Gasteiger partial charge in [-0.2, -0.15) is 10.4 Å². The van der Waals surface area contributed by atoms with Gasteiger partial charge in [-0.1, -0.05) is 23.7 Å². The molecule has 0 spiro atoms. The van der Waals surface area contributed by atoms with Crippen LogP contribution in [0.1, 0.15) is 52.3 Å². The predicted octanol–water partition coefficient (Wildman–Crippen LogP) is 3.29. The molecular weight excluding hydrogens is 428 g/mol. The first-order valence-corrected chi connectivity index (χ1v) is 10.5. The van der Waals surface area contributed by atoms with Crippen molar-refractivity contribution in [3.8, 4) is 11.8 Å². The molecule has 0 radical (unpaired) electrons. The molecule has 8 heteroatoms. The molecule has 2 aromatic carbocycles. The second-order valence-corrected chi connectivity index (χ2v) is 8.63. The topological polar surface area (TPSA) is 111 Å². The number of nitrogens with one attached hydrogen (secondary N) is 1. The molecule has 3 N–H and O–H groups in total. The van der Waals surface area contributed by atoms with Crippen LogP contribution in [0.25, 0.3) is 5.69 Å². The molecule has 1 amide bonds. The Morgan fingerprint density at radius 3 is 2.50 bits per heavy atom. The van der Waals surface area contributed by atoms with E-state index in [9.17, 15) is 15.0 Å². The molecule has 1 heterocycles. The molecule has 0 fully saturated rings. The Kier molecular flexibility index (Phi) is 6.99. The fourth-order valence-electron chi connectivity index (χ4n) is 3.32. The minimum atomic E-state index is -0.979. The summed E-state index contributed by atoms with van der Waals surface area (Å²) < 4.78 is 1.64. The maximum Gasteiger partial charge on any atom is 0.251 e. The van der Waals surface area contributed by atoms with Crippen molar-refractivity contribution in [3.63, 3.8) is 0 Å². The average molecular weight is 453 g/mol. The zero-order valence-electron chi connectivity index (χ0n) is 18.2. The number of halogens is 1. The molecular formula is C24H25ClN4O3. The van der Waals surface area contributed by atoms with Gasteiger partial charge in [-0.25, -0.2) is 4.68 Å². The zero-order valence-corrected chi connectivity index (χ0v) is 18.9. The smallest absolute Gasteiger partial charge is 0.251 e. The van der Waals surface area contributed by atoms with E-state index < -0.39 is 5.60 Å². The number of aliphatic hydroxyl groups is 2. The van der Waals surface area contributed by atoms with E-state index >= 15 is 0 Å². The minimum Gasteiger partial charge on any atom is -0.390 e. The minimum absolute atomic E-state index is 0.158. The number of aliphatic hydroxyl groups excluding tert-OH is 1. The molecule has 0 atom stereocenters. The standard InChI is InChI=1S/C24H25ClN4O3/c1-15-20(10-16-4-6-17(7-5-16)23(31)27-14-24(2,3)32)22(13-30)29(28-15)19-9-8-18(12-26)21(25)11-19/h4-9,11,30,32H,10,13-14H2,1-3H3,(H,27,31). The van der Waals surface area contributed by atoms with Gasteiger partial charge in [0.1, 0.15) is 6.07 Å². The van der Waals surface area contributed by atoms with Crippen LogP contribution < -0.4 is 5.32 Å². The molecule has 0 aliphatic carbocycles. The normalized spacial score (nSPS) is 11.3. The van der Waals surface area contributed by atoms with E-state index in [1.165, 1.54) is 0 Å². The summed E-state index contributed by atoms with van der Waals surface area (Å²) >= 11 is 6.17. The van der Waals surface area contributed by atoms with Gasteiger partial charge >= 0.3 is 0 Å². The second kappa shape index (κ2) is 9.53. The summed E-state index contributed by atoms with van der Waals surface area (Å²) in [5.74, 6) is -0.253. The van der Waals surface area contributed by atoms with Gasteiger partial charge in [-0.15, -0.1) is 0 Å². The lowest BCUT2D eigenvalue weighted by molar-refractivity contribution is 0.0694. The number of carbonyl (C=O) groups excluding carboxylic acids is 1. The van der Waals surface area contributed by atoms with E-state index in [0.717, 1.165) is 16.8 Å². The number of hydrogen-bond donors (Lipinski definition) is 3. The van der Waals surface area contributed by atoms with Crippen molar-refractivity contribution in [3.05, 3.63) is 81.1 Å². The van der Waals surface area contributed by atoms with Crippen LogP contribution in [0.2, 0.25) is 5.02 Å². The molecule has 32 heavy (non-hydrogen) atoms. The van der Waals surface area contributed by atoms with Crippen LogP contribution in [-0.2, 0) is 13.0 Å². The van der Waals surface area contributed by atoms with Crippen molar-refractivity contribution in [1.82, 2.24) is 15.1 Å². The van der Waals surface area contributed by atoms with Crippen LogP contribution in [-0.4, -0.2) is 38.0 Å². The summed E-state index contributed by atoms with van der Waals surface area (Å²) in [6.07, 6.45) is 0.525. The number of nitriles is 1. The summed E-state index contributed by atoms with van der Waals surface area (Å²) in [6.45, 7) is 5.07. The molecule has 3 rings (SSSR count). The van der Waals surface area contributed by atoms with Crippen LogP contribution in [0.3, 0.4) is 0 Å². The Bertz CT molecular complexity index is 1170. The molecule has 3 aromatic rings. The highest BCUT2D eigenvalue weighted by Gasteiger charge is 2.18. The Morgan fingerprint density at radius 1 is 1.25 bits per heavy atom. The Hall–Kier alpha value is -3.18. The summed E-state index contributed by atoms with van der Waals surface area (Å²) in [7, 11) is 0. The summed E-state index contributed by atoms with van der Waals surface area (Å²) in [5.41, 5.74) is 3.79. The van der Waals surface area contributed by atoms with Crippen LogP contribution in [0.15, 0.2) is 42.5 Å². The van der Waals surface area contributed by atoms with Gasteiger partial charge < -0.3 is 15.5 Å². The summed E-state index contributed by atoms with van der Waals surface area (Å²) in [5, 5.41) is 36.5. The second-order valence-electron chi connectivity index (χ2n) is 8.23. The van der Waals surface area contributed by atoms with E-state index in [0.29, 0.717) is 34.0 Å². The summed E-state index contributed by atoms with van der Waals surface area (Å²) in [6, 6.07) is 14.2. The number of aryl methyl sites for hydroxylation is 1. The molecule has 0 unspecified atom stereocenters. The lowest BCUT2D eigenvalue weighted by Crippen LogP contribution is -2.38. The Balaban J connectivity index is 1.83. The van der Waals surface area contributed by atoms with Crippen LogP contribution in [0.4, 0.5) is 0 Å². The lowest BCUT2D eigenvalue weighted by Gasteiger charge is -2.17. The fraction of sp³-hybridized carbons (Fsp3) is 0.292. The van der Waals surface area contributed by atoms with E-state index in [1.54, 1.807) is 48.9 Å². The molecule has 0 saturated carbocycles. The van der Waals surface area contributed by atoms with Gasteiger partial charge in [0.05, 0.1) is 39.9 Å². The van der Waals surface area contributed by atoms with Crippen molar-refractivity contribution < 1.29 is 15.0 Å². The fourth-order valence-corrected chi connectivity index (χ4v) is 3.53. The van der Waals surface area contributed by atoms with E-state index in [1.807, 2.05) is 25.1 Å². The van der Waals surface area contributed by atoms with Gasteiger partial charge in [0, 0.05) is 24.1 Å². The monoisotopic (exact) mass is 452 g/mol. The SMILES string of the molecule is Cc1nn(-c2ccc(C#N)c(Cl)c2)c(CO)c1Cc1ccc(C(=O)NCC(C)(C)O)cc1. The van der Waals surface area contributed by atoms with Gasteiger partial charge in [0.25, 0.3) is 5.91 Å². The summed E-state index contributed by atoms with van der Waals surface area (Å²) in [4.78, 5) is 12.2. The number of amides is 1. The van der Waals surface area contributed by atoms with Crippen LogP contribution >= 0.6 is 11.6 Å². The first-order chi connectivity index (χ1) is 15.1. The average Bonchev–Trinajstić information content (AvgIpc) is 3.07. The van der Waals surface area contributed by atoms with Gasteiger partial charge in [-0.05, 0) is 56.7 Å². The van der Waals surface area contributed by atoms with Gasteiger partial charge in [0.2, 0.25) is 0 Å². The van der Waals surface area contributed by atoms with Crippen molar-refractivity contribution in [2.45, 2.75) is 39.4 Å². The first-order valence-electron chi connectivity index (χ1n) is 10.1. The molecule has 0 saturated heterocycles. The van der Waals surface area contributed by atoms with Crippen LogP contribution in [0.5, 0.6) is 0 Å². The van der Waals surface area contributed by atoms with Gasteiger partial charge in [-0.3, -0.25) is 4.79 Å². The largest absolute Gasteiger partial charge is 0.390 e. The first kappa shape index (κ1) is 23.5. The number of rotatable bonds is 7. The highest BCUT2D eigenvalue weighted by molar-refractivity contribution is 6.31. The Morgan fingerprint density at radius 2 is 1.94 bits per heavy atom. The number of nitrogens with zero attached hydrogens (tertiary/aromatic N) is 3. The highest BCUT2D eigenvalue weighted by Crippen LogP contribution is 2.25. The molecule has 166 valence electrons. The molecule has 1 aromatic heterocycles. The van der Waals surface area contributed by atoms with Crippen LogP contribution in [0, 0.1) is 18.3 Å². The third-order valence-electron chi connectivity index (χ3n) is 5.04. The van der Waals surface area contributed by atoms with E-state index in [4.69, 9.17) is 16.9 Å². The molecule has 0 aliphatic heterocycles. The number of hydrogen-bond acceptors (Lipinski definition) is 5.